The Morgan fingerprint density at radius 1 is 1.18 bits per heavy atom. The minimum atomic E-state index is -3.34. The van der Waals surface area contributed by atoms with Gasteiger partial charge in [0.1, 0.15) is 10.6 Å². The maximum atomic E-state index is 11.9. The summed E-state index contributed by atoms with van der Waals surface area (Å²) >= 11 is 6.41. The number of ether oxygens (including phenoxy) is 1. The van der Waals surface area contributed by atoms with E-state index in [0.717, 1.165) is 0 Å². The number of benzene rings is 2. The molecule has 1 saturated carbocycles. The first kappa shape index (κ1) is 27.6. The van der Waals surface area contributed by atoms with Gasteiger partial charge in [-0.1, -0.05) is 23.7 Å². The van der Waals surface area contributed by atoms with Gasteiger partial charge in [0.15, 0.2) is 5.82 Å². The Kier molecular flexibility index (Phi) is 7.99. The number of aliphatic hydroxyl groups excluding tert-OH is 1. The number of carbonyl (C=O) groups is 1. The number of hydrogen-bond acceptors (Lipinski definition) is 8. The van der Waals surface area contributed by atoms with Crippen LogP contribution in [0.5, 0.6) is 0 Å². The zero-order chi connectivity index (χ0) is 27.6. The van der Waals surface area contributed by atoms with E-state index in [1.54, 1.807) is 48.5 Å². The van der Waals surface area contributed by atoms with Crippen molar-refractivity contribution < 1.29 is 23.7 Å². The van der Waals surface area contributed by atoms with Crippen LogP contribution in [0.1, 0.15) is 25.5 Å². The molecular weight excluding hydrogens is 542 g/mol. The molecule has 0 unspecified atom stereocenters. The molecule has 2 amide bonds. The maximum absolute atomic E-state index is 11.9. The molecule has 1 saturated heterocycles. The van der Waals surface area contributed by atoms with Gasteiger partial charge in [0, 0.05) is 30.4 Å². The topological polar surface area (TPSA) is 140 Å². The summed E-state index contributed by atoms with van der Waals surface area (Å²) in [5.74, 6) is 1.13. The third kappa shape index (κ3) is 5.56. The summed E-state index contributed by atoms with van der Waals surface area (Å²) in [6.07, 6.45) is 1.11. The van der Waals surface area contributed by atoms with E-state index in [2.05, 4.69) is 22.5 Å². The fourth-order valence-electron chi connectivity index (χ4n) is 4.75. The van der Waals surface area contributed by atoms with Gasteiger partial charge in [0.05, 0.1) is 41.5 Å². The lowest BCUT2D eigenvalue weighted by Gasteiger charge is -2.41. The summed E-state index contributed by atoms with van der Waals surface area (Å²) in [4.78, 5) is 24.2. The van der Waals surface area contributed by atoms with Gasteiger partial charge in [0.25, 0.3) is 0 Å². The van der Waals surface area contributed by atoms with Crippen LogP contribution >= 0.6 is 22.2 Å². The number of hydrogen-bond donors (Lipinski definition) is 5. The van der Waals surface area contributed by atoms with Crippen molar-refractivity contribution in [2.24, 2.45) is 0 Å². The minimum absolute atomic E-state index is 0.0810. The molecule has 1 atom stereocenters. The van der Waals surface area contributed by atoms with Crippen molar-refractivity contribution in [3.8, 4) is 11.4 Å². The van der Waals surface area contributed by atoms with Gasteiger partial charge in [-0.25, -0.2) is 14.8 Å². The fourth-order valence-corrected chi connectivity index (χ4v) is 7.30. The molecular formula is C27H32ClN5O5S. The second-order valence-corrected chi connectivity index (χ2v) is 12.4. The predicted molar refractivity (Wildman–Crippen MR) is 153 cm³/mol. The normalized spacial score (nSPS) is 18.9. The largest absolute Gasteiger partial charge is 0.395 e. The Morgan fingerprint density at radius 3 is 2.59 bits per heavy atom. The van der Waals surface area contributed by atoms with Crippen molar-refractivity contribution in [3.63, 3.8) is 0 Å². The summed E-state index contributed by atoms with van der Waals surface area (Å²) in [6, 6.07) is 15.4. The Bertz CT molecular complexity index is 1340. The molecule has 2 aliphatic rings. The first-order valence-corrected chi connectivity index (χ1v) is 14.7. The quantitative estimate of drug-likeness (QED) is 0.255. The molecule has 2 aromatic carbocycles. The Morgan fingerprint density at radius 2 is 1.92 bits per heavy atom. The van der Waals surface area contributed by atoms with Crippen molar-refractivity contribution in [3.05, 3.63) is 65.3 Å². The number of amides is 2. The summed E-state index contributed by atoms with van der Waals surface area (Å²) in [6.45, 7) is 3.85. The van der Waals surface area contributed by atoms with Crippen molar-refractivity contribution in [2.45, 2.75) is 35.4 Å². The van der Waals surface area contributed by atoms with E-state index in [4.69, 9.17) is 31.4 Å². The van der Waals surface area contributed by atoms with Crippen LogP contribution in [0, 0.1) is 0 Å². The molecule has 3 aromatic rings. The predicted octanol–water partition coefficient (Wildman–Crippen LogP) is 4.93. The minimum Gasteiger partial charge on any atom is -0.395 e. The molecule has 0 bridgehead atoms. The van der Waals surface area contributed by atoms with Gasteiger partial charge in [-0.05, 0) is 56.2 Å². The number of carbonyl (C=O) groups excluding carboxylic acids is 1. The van der Waals surface area contributed by atoms with Gasteiger partial charge in [0.2, 0.25) is 0 Å². The molecule has 39 heavy (non-hydrogen) atoms. The number of halogens is 1. The van der Waals surface area contributed by atoms with Crippen molar-refractivity contribution in [2.75, 3.05) is 43.1 Å². The van der Waals surface area contributed by atoms with Crippen LogP contribution in [0.2, 0.25) is 5.02 Å². The van der Waals surface area contributed by atoms with Crippen molar-refractivity contribution in [1.29, 1.82) is 0 Å². The lowest BCUT2D eigenvalue weighted by molar-refractivity contribution is 0.0985. The molecule has 5 N–H and O–H groups in total. The highest BCUT2D eigenvalue weighted by Gasteiger charge is 2.58. The Labute approximate surface area is 233 Å². The van der Waals surface area contributed by atoms with E-state index in [0.29, 0.717) is 71.1 Å². The third-order valence-electron chi connectivity index (χ3n) is 7.03. The highest BCUT2D eigenvalue weighted by atomic mass is 35.5. The number of anilines is 2. The highest BCUT2D eigenvalue weighted by molar-refractivity contribution is 8.25. The second-order valence-electron chi connectivity index (χ2n) is 9.71. The lowest BCUT2D eigenvalue weighted by Crippen LogP contribution is -2.44. The van der Waals surface area contributed by atoms with Crippen LogP contribution < -0.4 is 15.5 Å². The van der Waals surface area contributed by atoms with E-state index in [1.807, 2.05) is 6.07 Å². The number of aliphatic hydroxyl groups is 1. The van der Waals surface area contributed by atoms with Gasteiger partial charge in [-0.2, -0.15) is 10.6 Å². The molecule has 5 rings (SSSR count). The van der Waals surface area contributed by atoms with Crippen LogP contribution in [0.25, 0.3) is 11.4 Å². The average molecular weight is 574 g/mol. The molecule has 208 valence electrons. The standard InChI is InChI=1S/C27H32ClN5O5S/c1-18-17-38-15-13-33(18)24-16-23(27(10-11-27)39(36,37)22-5-3-2-4-21(22)28)31-25(32-24)19-6-8-20(9-7-19)30-26(35)29-12-14-34/h2-9,16,18,34,36-37H,10-15,17H2,1H3,(H2,29,30,35)/t18-/m0/s1. The van der Waals surface area contributed by atoms with E-state index >= 15 is 0 Å². The Hall–Kier alpha value is -2.93. The van der Waals surface area contributed by atoms with E-state index in [9.17, 15) is 13.9 Å². The van der Waals surface area contributed by atoms with Crippen LogP contribution in [0.3, 0.4) is 0 Å². The van der Waals surface area contributed by atoms with Crippen LogP contribution in [0.15, 0.2) is 59.5 Å². The molecule has 1 aromatic heterocycles. The second kappa shape index (κ2) is 11.3. The fraction of sp³-hybridized carbons (Fsp3) is 0.370. The zero-order valence-electron chi connectivity index (χ0n) is 21.5. The summed E-state index contributed by atoms with van der Waals surface area (Å²) in [7, 11) is -3.34. The molecule has 2 heterocycles. The first-order chi connectivity index (χ1) is 18.7. The zero-order valence-corrected chi connectivity index (χ0v) is 23.1. The van der Waals surface area contributed by atoms with E-state index < -0.39 is 21.4 Å². The number of aromatic nitrogens is 2. The molecule has 1 aliphatic carbocycles. The molecule has 2 fully saturated rings. The third-order valence-corrected chi connectivity index (χ3v) is 10.1. The van der Waals surface area contributed by atoms with Gasteiger partial charge in [-0.15, -0.1) is 0 Å². The van der Waals surface area contributed by atoms with E-state index in [-0.39, 0.29) is 19.2 Å². The summed E-state index contributed by atoms with van der Waals surface area (Å²) < 4.78 is 27.9. The Balaban J connectivity index is 1.53. The monoisotopic (exact) mass is 573 g/mol. The molecule has 1 aliphatic heterocycles. The number of nitrogens with one attached hydrogen (secondary N) is 2. The number of morpholine rings is 1. The van der Waals surface area contributed by atoms with Gasteiger partial charge >= 0.3 is 6.03 Å². The number of nitrogens with zero attached hydrogens (tertiary/aromatic N) is 3. The van der Waals surface area contributed by atoms with Gasteiger partial charge in [-0.3, -0.25) is 9.11 Å². The first-order valence-electron chi connectivity index (χ1n) is 12.8. The average Bonchev–Trinajstić information content (AvgIpc) is 3.76. The van der Waals surface area contributed by atoms with Crippen molar-refractivity contribution in [1.82, 2.24) is 15.3 Å². The summed E-state index contributed by atoms with van der Waals surface area (Å²) in [5.41, 5.74) is 1.84. The summed E-state index contributed by atoms with van der Waals surface area (Å²) in [5, 5.41) is 14.5. The van der Waals surface area contributed by atoms with Crippen LogP contribution in [0.4, 0.5) is 16.3 Å². The molecule has 10 nitrogen and oxygen atoms in total. The number of urea groups is 1. The van der Waals surface area contributed by atoms with Gasteiger partial charge < -0.3 is 25.4 Å². The highest BCUT2D eigenvalue weighted by Crippen LogP contribution is 2.75. The van der Waals surface area contributed by atoms with Crippen molar-refractivity contribution >= 4 is 39.7 Å². The maximum Gasteiger partial charge on any atom is 0.319 e. The van der Waals surface area contributed by atoms with Crippen LogP contribution in [-0.4, -0.2) is 69.2 Å². The number of rotatable bonds is 8. The smallest absolute Gasteiger partial charge is 0.319 e. The lowest BCUT2D eigenvalue weighted by atomic mass is 10.1. The molecule has 0 spiro atoms. The molecule has 12 heteroatoms. The SMILES string of the molecule is C[C@H]1COCCN1c1cc(C2(S(O)(O)c3ccccc3Cl)CC2)nc(-c2ccc(NC(=O)NCCO)cc2)n1. The molecule has 0 radical (unpaired) electrons. The van der Waals surface area contributed by atoms with Crippen LogP contribution in [-0.2, 0) is 9.48 Å². The van der Waals surface area contributed by atoms with E-state index in [1.165, 1.54) is 0 Å².